The van der Waals surface area contributed by atoms with Gasteiger partial charge in [0.15, 0.2) is 0 Å². The summed E-state index contributed by atoms with van der Waals surface area (Å²) in [4.78, 5) is 21.7. The Morgan fingerprint density at radius 1 is 1.50 bits per heavy atom. The molecule has 98 valence electrons. The first-order chi connectivity index (χ1) is 8.45. The second-order valence-electron chi connectivity index (χ2n) is 4.02. The normalized spacial score (nSPS) is 11.7. The number of likely N-dealkylation sites (N-methyl/N-ethyl adjacent to an activating group) is 1. The van der Waals surface area contributed by atoms with Crippen molar-refractivity contribution in [1.29, 1.82) is 0 Å². The van der Waals surface area contributed by atoms with E-state index in [0.29, 0.717) is 6.54 Å². The Bertz CT molecular complexity index is 460. The highest BCUT2D eigenvalue weighted by atomic mass is 16.6. The first-order valence-corrected chi connectivity index (χ1v) is 5.75. The molecule has 0 spiro atoms. The third-order valence-electron chi connectivity index (χ3n) is 2.54. The molecule has 1 aromatic carbocycles. The van der Waals surface area contributed by atoms with E-state index in [1.54, 1.807) is 19.9 Å². The largest absolute Gasteiger partial charge is 0.374 e. The number of nitrogens with zero attached hydrogens (tertiary/aromatic N) is 1. The zero-order chi connectivity index (χ0) is 13.7. The maximum Gasteiger partial charge on any atom is 0.269 e. The van der Waals surface area contributed by atoms with Crippen molar-refractivity contribution in [1.82, 2.24) is 5.32 Å². The van der Waals surface area contributed by atoms with Gasteiger partial charge in [0.25, 0.3) is 5.69 Å². The van der Waals surface area contributed by atoms with Crippen molar-refractivity contribution in [2.75, 3.05) is 11.9 Å². The van der Waals surface area contributed by atoms with Gasteiger partial charge in [0.05, 0.1) is 4.92 Å². The second kappa shape index (κ2) is 6.00. The lowest BCUT2D eigenvalue weighted by Gasteiger charge is -2.16. The van der Waals surface area contributed by atoms with Crippen LogP contribution in [0.15, 0.2) is 18.2 Å². The Morgan fingerprint density at radius 3 is 2.67 bits per heavy atom. The van der Waals surface area contributed by atoms with E-state index < -0.39 is 4.92 Å². The predicted molar refractivity (Wildman–Crippen MR) is 69.6 cm³/mol. The number of nitro groups is 1. The van der Waals surface area contributed by atoms with Crippen molar-refractivity contribution in [3.8, 4) is 0 Å². The molecule has 0 bridgehead atoms. The molecule has 18 heavy (non-hydrogen) atoms. The zero-order valence-corrected chi connectivity index (χ0v) is 10.7. The summed E-state index contributed by atoms with van der Waals surface area (Å²) in [5.74, 6) is -0.102. The molecule has 0 aliphatic carbocycles. The Morgan fingerprint density at radius 2 is 2.17 bits per heavy atom. The van der Waals surface area contributed by atoms with Gasteiger partial charge in [0.1, 0.15) is 6.04 Å². The summed E-state index contributed by atoms with van der Waals surface area (Å²) in [5, 5.41) is 16.3. The van der Waals surface area contributed by atoms with E-state index in [1.807, 2.05) is 6.92 Å². The fourth-order valence-electron chi connectivity index (χ4n) is 1.55. The summed E-state index contributed by atoms with van der Waals surface area (Å²) < 4.78 is 0. The first-order valence-electron chi connectivity index (χ1n) is 5.75. The van der Waals surface area contributed by atoms with Crippen LogP contribution in [0.1, 0.15) is 19.4 Å². The van der Waals surface area contributed by atoms with Crippen LogP contribution in [0.2, 0.25) is 0 Å². The number of hydrogen-bond acceptors (Lipinski definition) is 4. The number of carbonyl (C=O) groups is 1. The number of non-ortho nitro benzene ring substituents is 1. The number of carbonyl (C=O) groups excluding carboxylic acids is 1. The zero-order valence-electron chi connectivity index (χ0n) is 10.7. The topological polar surface area (TPSA) is 84.3 Å². The molecule has 0 aromatic heterocycles. The van der Waals surface area contributed by atoms with Gasteiger partial charge in [-0.25, -0.2) is 0 Å². The maximum atomic E-state index is 11.6. The summed E-state index contributed by atoms with van der Waals surface area (Å²) in [6.45, 7) is 5.93. The number of aryl methyl sites for hydroxylation is 1. The predicted octanol–water partition coefficient (Wildman–Crippen LogP) is 1.84. The third-order valence-corrected chi connectivity index (χ3v) is 2.54. The molecule has 1 unspecified atom stereocenters. The van der Waals surface area contributed by atoms with E-state index in [-0.39, 0.29) is 17.6 Å². The third kappa shape index (κ3) is 3.44. The van der Waals surface area contributed by atoms with E-state index >= 15 is 0 Å². The van der Waals surface area contributed by atoms with Crippen LogP contribution < -0.4 is 10.6 Å². The molecule has 1 aromatic rings. The highest BCUT2D eigenvalue weighted by molar-refractivity contribution is 5.84. The van der Waals surface area contributed by atoms with Gasteiger partial charge < -0.3 is 10.6 Å². The average molecular weight is 251 g/mol. The minimum Gasteiger partial charge on any atom is -0.374 e. The SMILES string of the molecule is CCNC(=O)C(C)Nc1ccc([N+](=O)[O-])cc1C. The molecule has 0 aliphatic heterocycles. The van der Waals surface area contributed by atoms with Gasteiger partial charge in [-0.3, -0.25) is 14.9 Å². The number of nitro benzene ring substituents is 1. The highest BCUT2D eigenvalue weighted by Gasteiger charge is 2.14. The molecule has 6 nitrogen and oxygen atoms in total. The maximum absolute atomic E-state index is 11.6. The molecule has 2 N–H and O–H groups in total. The van der Waals surface area contributed by atoms with Crippen LogP contribution in [0.4, 0.5) is 11.4 Å². The van der Waals surface area contributed by atoms with Crippen LogP contribution in [-0.2, 0) is 4.79 Å². The number of rotatable bonds is 5. The van der Waals surface area contributed by atoms with Gasteiger partial charge in [-0.15, -0.1) is 0 Å². The van der Waals surface area contributed by atoms with Crippen LogP contribution in [0.25, 0.3) is 0 Å². The summed E-state index contributed by atoms with van der Waals surface area (Å²) in [7, 11) is 0. The lowest BCUT2D eigenvalue weighted by atomic mass is 10.1. The highest BCUT2D eigenvalue weighted by Crippen LogP contribution is 2.21. The fraction of sp³-hybridized carbons (Fsp3) is 0.417. The van der Waals surface area contributed by atoms with Crippen molar-refractivity contribution in [2.24, 2.45) is 0 Å². The lowest BCUT2D eigenvalue weighted by Crippen LogP contribution is -2.37. The van der Waals surface area contributed by atoms with Crippen molar-refractivity contribution >= 4 is 17.3 Å². The van der Waals surface area contributed by atoms with E-state index in [9.17, 15) is 14.9 Å². The van der Waals surface area contributed by atoms with Crippen LogP contribution >= 0.6 is 0 Å². The summed E-state index contributed by atoms with van der Waals surface area (Å²) >= 11 is 0. The Hall–Kier alpha value is -2.11. The molecule has 0 heterocycles. The quantitative estimate of drug-likeness (QED) is 0.617. The minimum atomic E-state index is -0.440. The number of anilines is 1. The van der Waals surface area contributed by atoms with E-state index in [0.717, 1.165) is 11.3 Å². The minimum absolute atomic E-state index is 0.0451. The summed E-state index contributed by atoms with van der Waals surface area (Å²) in [5.41, 5.74) is 1.50. The smallest absolute Gasteiger partial charge is 0.269 e. The molecule has 0 saturated heterocycles. The molecular formula is C12H17N3O3. The van der Waals surface area contributed by atoms with Gasteiger partial charge >= 0.3 is 0 Å². The van der Waals surface area contributed by atoms with Gasteiger partial charge in [-0.2, -0.15) is 0 Å². The number of benzene rings is 1. The van der Waals surface area contributed by atoms with E-state index in [4.69, 9.17) is 0 Å². The van der Waals surface area contributed by atoms with Crippen molar-refractivity contribution in [3.05, 3.63) is 33.9 Å². The number of hydrogen-bond donors (Lipinski definition) is 2. The molecule has 6 heteroatoms. The molecule has 0 fully saturated rings. The van der Waals surface area contributed by atoms with Gasteiger partial charge in [-0.05, 0) is 32.4 Å². The number of amides is 1. The molecule has 0 aliphatic rings. The molecule has 1 rings (SSSR count). The molecular weight excluding hydrogens is 234 g/mol. The van der Waals surface area contributed by atoms with Crippen molar-refractivity contribution in [2.45, 2.75) is 26.8 Å². The van der Waals surface area contributed by atoms with Gasteiger partial charge in [0, 0.05) is 24.4 Å². The standard InChI is InChI=1S/C12H17N3O3/c1-4-13-12(16)9(3)14-11-6-5-10(15(17)18)7-8(11)2/h5-7,9,14H,4H2,1-3H3,(H,13,16). The first kappa shape index (κ1) is 14.0. The van der Waals surface area contributed by atoms with Gasteiger partial charge in [0.2, 0.25) is 5.91 Å². The Labute approximate surface area is 106 Å². The fourth-order valence-corrected chi connectivity index (χ4v) is 1.55. The van der Waals surface area contributed by atoms with Crippen LogP contribution in [0.3, 0.4) is 0 Å². The number of nitrogens with one attached hydrogen (secondary N) is 2. The summed E-state index contributed by atoms with van der Waals surface area (Å²) in [6, 6.07) is 4.13. The van der Waals surface area contributed by atoms with Gasteiger partial charge in [-0.1, -0.05) is 0 Å². The van der Waals surface area contributed by atoms with E-state index in [1.165, 1.54) is 12.1 Å². The van der Waals surface area contributed by atoms with Crippen LogP contribution in [0, 0.1) is 17.0 Å². The molecule has 1 amide bonds. The molecule has 0 saturated carbocycles. The van der Waals surface area contributed by atoms with Crippen molar-refractivity contribution < 1.29 is 9.72 Å². The molecule has 0 radical (unpaired) electrons. The second-order valence-corrected chi connectivity index (χ2v) is 4.02. The van der Waals surface area contributed by atoms with Crippen LogP contribution in [0.5, 0.6) is 0 Å². The average Bonchev–Trinajstić information content (AvgIpc) is 2.31. The van der Waals surface area contributed by atoms with Crippen LogP contribution in [-0.4, -0.2) is 23.4 Å². The Balaban J connectivity index is 2.79. The summed E-state index contributed by atoms with van der Waals surface area (Å²) in [6.07, 6.45) is 0. The lowest BCUT2D eigenvalue weighted by molar-refractivity contribution is -0.384. The van der Waals surface area contributed by atoms with E-state index in [2.05, 4.69) is 10.6 Å². The molecule has 1 atom stereocenters. The monoisotopic (exact) mass is 251 g/mol. The Kier molecular flexibility index (Phi) is 4.65. The van der Waals surface area contributed by atoms with Crippen molar-refractivity contribution in [3.63, 3.8) is 0 Å².